The molecule has 1 aromatic rings. The average Bonchev–Trinajstić information content (AvgIpc) is 2.15. The molecule has 1 rings (SSSR count). The van der Waals surface area contributed by atoms with Crippen LogP contribution in [0.2, 0.25) is 0 Å². The zero-order valence-electron chi connectivity index (χ0n) is 9.00. The van der Waals surface area contributed by atoms with Gasteiger partial charge in [0, 0.05) is 6.07 Å². The molecule has 1 aromatic carbocycles. The van der Waals surface area contributed by atoms with Gasteiger partial charge in [-0.1, -0.05) is 6.07 Å². The molecule has 0 radical (unpaired) electrons. The fraction of sp³-hybridized carbons (Fsp3) is 0.222. The molecule has 0 spiro atoms. The summed E-state index contributed by atoms with van der Waals surface area (Å²) in [6.07, 6.45) is -1.07. The quantitative estimate of drug-likeness (QED) is 0.742. The molecule has 3 N–H and O–H groups in total. The lowest BCUT2D eigenvalue weighted by molar-refractivity contribution is 0.159. The van der Waals surface area contributed by atoms with Gasteiger partial charge >= 0.3 is 16.3 Å². The Bertz CT molecular complexity index is 500. The highest BCUT2D eigenvalue weighted by Crippen LogP contribution is 2.15. The Balaban J connectivity index is 2.70. The molecule has 0 fully saturated rings. The molecule has 0 atom stereocenters. The molecule has 0 saturated heterocycles. The van der Waals surface area contributed by atoms with Crippen LogP contribution < -0.4 is 9.44 Å². The SMILES string of the molecule is CCOC(=O)NS(=O)(=O)Nc1cccc(O)c1. The van der Waals surface area contributed by atoms with Crippen LogP contribution in [0.4, 0.5) is 10.5 Å². The molecule has 0 bridgehead atoms. The van der Waals surface area contributed by atoms with Crippen molar-refractivity contribution in [1.29, 1.82) is 0 Å². The van der Waals surface area contributed by atoms with Gasteiger partial charge in [-0.25, -0.2) is 9.52 Å². The van der Waals surface area contributed by atoms with Gasteiger partial charge in [-0.05, 0) is 19.1 Å². The molecule has 0 aliphatic rings. The molecule has 0 aliphatic heterocycles. The fourth-order valence-electron chi connectivity index (χ4n) is 1.02. The van der Waals surface area contributed by atoms with Crippen molar-refractivity contribution in [2.45, 2.75) is 6.92 Å². The van der Waals surface area contributed by atoms with Crippen LogP contribution in [-0.2, 0) is 14.9 Å². The summed E-state index contributed by atoms with van der Waals surface area (Å²) in [6, 6.07) is 5.46. The van der Waals surface area contributed by atoms with E-state index in [9.17, 15) is 13.2 Å². The smallest absolute Gasteiger partial charge is 0.422 e. The maximum atomic E-state index is 11.4. The number of phenolic OH excluding ortho intramolecular Hbond substituents is 1. The van der Waals surface area contributed by atoms with Gasteiger partial charge in [0.2, 0.25) is 0 Å². The zero-order valence-corrected chi connectivity index (χ0v) is 9.82. The standard InChI is InChI=1S/C9H12N2O5S/c1-2-16-9(13)11-17(14,15)10-7-4-3-5-8(12)6-7/h3-6,10,12H,2H2,1H3,(H,11,13). The highest BCUT2D eigenvalue weighted by molar-refractivity contribution is 7.91. The summed E-state index contributed by atoms with van der Waals surface area (Å²) in [7, 11) is -4.06. The van der Waals surface area contributed by atoms with Crippen LogP contribution in [0.1, 0.15) is 6.92 Å². The molecule has 0 aliphatic carbocycles. The minimum atomic E-state index is -4.06. The van der Waals surface area contributed by atoms with Crippen molar-refractivity contribution < 1.29 is 23.1 Å². The first-order valence-corrected chi connectivity index (χ1v) is 6.17. The number of amides is 1. The van der Waals surface area contributed by atoms with Gasteiger partial charge in [0.1, 0.15) is 5.75 Å². The van der Waals surface area contributed by atoms with E-state index >= 15 is 0 Å². The number of nitrogens with one attached hydrogen (secondary N) is 2. The van der Waals surface area contributed by atoms with Crippen LogP contribution in [-0.4, -0.2) is 26.2 Å². The van der Waals surface area contributed by atoms with Gasteiger partial charge in [0.25, 0.3) is 0 Å². The summed E-state index contributed by atoms with van der Waals surface area (Å²) >= 11 is 0. The number of phenols is 1. The van der Waals surface area contributed by atoms with E-state index in [4.69, 9.17) is 5.11 Å². The normalized spacial score (nSPS) is 10.6. The third-order valence-electron chi connectivity index (χ3n) is 1.59. The predicted octanol–water partition coefficient (Wildman–Crippen LogP) is 0.795. The number of carbonyl (C=O) groups is 1. The van der Waals surface area contributed by atoms with Crippen LogP contribution in [0.15, 0.2) is 24.3 Å². The summed E-state index contributed by atoms with van der Waals surface area (Å²) < 4.78 is 30.9. The monoisotopic (exact) mass is 260 g/mol. The van der Waals surface area contributed by atoms with Crippen LogP contribution in [0.5, 0.6) is 5.75 Å². The molecule has 0 aromatic heterocycles. The maximum absolute atomic E-state index is 11.4. The van der Waals surface area contributed by atoms with Crippen LogP contribution in [0.25, 0.3) is 0 Å². The van der Waals surface area contributed by atoms with E-state index in [1.807, 2.05) is 4.72 Å². The first-order chi connectivity index (χ1) is 7.93. The van der Waals surface area contributed by atoms with E-state index in [1.165, 1.54) is 24.3 Å². The highest BCUT2D eigenvalue weighted by Gasteiger charge is 2.14. The number of hydrogen-bond donors (Lipinski definition) is 3. The molecule has 7 nitrogen and oxygen atoms in total. The van der Waals surface area contributed by atoms with Crippen molar-refractivity contribution in [2.75, 3.05) is 11.3 Å². The maximum Gasteiger partial charge on any atom is 0.422 e. The van der Waals surface area contributed by atoms with E-state index in [-0.39, 0.29) is 18.0 Å². The summed E-state index contributed by atoms with van der Waals surface area (Å²) in [5.74, 6) is -0.0960. The Morgan fingerprint density at radius 2 is 2.18 bits per heavy atom. The second kappa shape index (κ2) is 5.39. The predicted molar refractivity (Wildman–Crippen MR) is 60.8 cm³/mol. The van der Waals surface area contributed by atoms with Gasteiger partial charge in [-0.2, -0.15) is 8.42 Å². The number of ether oxygens (including phenoxy) is 1. The average molecular weight is 260 g/mol. The Morgan fingerprint density at radius 3 is 2.76 bits per heavy atom. The lowest BCUT2D eigenvalue weighted by Gasteiger charge is -2.09. The van der Waals surface area contributed by atoms with E-state index in [1.54, 1.807) is 11.6 Å². The van der Waals surface area contributed by atoms with Crippen LogP contribution in [0, 0.1) is 0 Å². The van der Waals surface area contributed by atoms with Crippen LogP contribution in [0.3, 0.4) is 0 Å². The van der Waals surface area contributed by atoms with Crippen molar-refractivity contribution in [1.82, 2.24) is 4.72 Å². The number of hydrogen-bond acceptors (Lipinski definition) is 5. The molecule has 0 unspecified atom stereocenters. The lowest BCUT2D eigenvalue weighted by atomic mass is 10.3. The van der Waals surface area contributed by atoms with E-state index < -0.39 is 16.3 Å². The van der Waals surface area contributed by atoms with Crippen molar-refractivity contribution in [3.8, 4) is 5.75 Å². The second-order valence-corrected chi connectivity index (χ2v) is 4.39. The number of carbonyl (C=O) groups excluding carboxylic acids is 1. The van der Waals surface area contributed by atoms with Gasteiger partial charge in [-0.15, -0.1) is 0 Å². The molecule has 1 amide bonds. The van der Waals surface area contributed by atoms with Crippen molar-refractivity contribution in [2.24, 2.45) is 0 Å². The zero-order chi connectivity index (χ0) is 12.9. The molecule has 17 heavy (non-hydrogen) atoms. The molecule has 94 valence electrons. The van der Waals surface area contributed by atoms with Gasteiger partial charge in [0.05, 0.1) is 12.3 Å². The second-order valence-electron chi connectivity index (χ2n) is 2.98. The van der Waals surface area contributed by atoms with Crippen LogP contribution >= 0.6 is 0 Å². The highest BCUT2D eigenvalue weighted by atomic mass is 32.2. The summed E-state index contributed by atoms with van der Waals surface area (Å²) in [5.41, 5.74) is 0.127. The van der Waals surface area contributed by atoms with Gasteiger partial charge in [0.15, 0.2) is 0 Å². The van der Waals surface area contributed by atoms with Gasteiger partial charge < -0.3 is 9.84 Å². The Morgan fingerprint density at radius 1 is 1.47 bits per heavy atom. The minimum absolute atomic E-state index is 0.0630. The first-order valence-electron chi connectivity index (χ1n) is 4.69. The van der Waals surface area contributed by atoms with Gasteiger partial charge in [-0.3, -0.25) is 4.72 Å². The number of aromatic hydroxyl groups is 1. The Hall–Kier alpha value is -1.96. The summed E-state index contributed by atoms with van der Waals surface area (Å²) in [6.45, 7) is 1.61. The molecular formula is C9H12N2O5S. The summed E-state index contributed by atoms with van der Waals surface area (Å²) in [4.78, 5) is 10.9. The largest absolute Gasteiger partial charge is 0.508 e. The number of benzene rings is 1. The van der Waals surface area contributed by atoms with Crippen molar-refractivity contribution in [3.05, 3.63) is 24.3 Å². The molecular weight excluding hydrogens is 248 g/mol. The fourth-order valence-corrected chi connectivity index (χ4v) is 1.79. The Kier molecular flexibility index (Phi) is 4.16. The van der Waals surface area contributed by atoms with Crippen molar-refractivity contribution in [3.63, 3.8) is 0 Å². The molecule has 8 heteroatoms. The third kappa shape index (κ3) is 4.60. The third-order valence-corrected chi connectivity index (χ3v) is 2.53. The van der Waals surface area contributed by atoms with E-state index in [2.05, 4.69) is 4.74 Å². The summed E-state index contributed by atoms with van der Waals surface area (Å²) in [5, 5.41) is 9.13. The van der Waals surface area contributed by atoms with Crippen molar-refractivity contribution >= 4 is 22.0 Å². The molecule has 0 saturated carbocycles. The number of anilines is 1. The molecule has 0 heterocycles. The van der Waals surface area contributed by atoms with E-state index in [0.29, 0.717) is 0 Å². The number of rotatable bonds is 4. The Labute approximate surface area is 98.6 Å². The lowest BCUT2D eigenvalue weighted by Crippen LogP contribution is -2.35. The van der Waals surface area contributed by atoms with E-state index in [0.717, 1.165) is 0 Å². The first kappa shape index (κ1) is 13.1. The minimum Gasteiger partial charge on any atom is -0.508 e. The topological polar surface area (TPSA) is 105 Å².